The van der Waals surface area contributed by atoms with E-state index in [1.54, 1.807) is 4.90 Å². The monoisotopic (exact) mass is 398 g/mol. The Morgan fingerprint density at radius 1 is 1.14 bits per heavy atom. The number of fused-ring (bicyclic) bond motifs is 3. The van der Waals surface area contributed by atoms with Gasteiger partial charge in [0.2, 0.25) is 11.8 Å². The van der Waals surface area contributed by atoms with Crippen molar-refractivity contribution in [3.8, 4) is 0 Å². The fourth-order valence-electron chi connectivity index (χ4n) is 5.49. The average molecular weight is 398 g/mol. The molecule has 154 valence electrons. The number of carbonyl (C=O) groups is 3. The van der Waals surface area contributed by atoms with Crippen molar-refractivity contribution < 1.29 is 19.5 Å². The molecule has 0 aliphatic carbocycles. The summed E-state index contributed by atoms with van der Waals surface area (Å²) in [6.07, 6.45) is 2.78. The minimum absolute atomic E-state index is 0.0705. The second-order valence-electron chi connectivity index (χ2n) is 8.52. The first-order valence-electron chi connectivity index (χ1n) is 10.4. The molecule has 4 aliphatic rings. The molecule has 8 nitrogen and oxygen atoms in total. The molecule has 4 aliphatic heterocycles. The molecule has 4 atom stereocenters. The van der Waals surface area contributed by atoms with Crippen LogP contribution in [-0.4, -0.2) is 69.9 Å². The number of hydrogen-bond donors (Lipinski definition) is 3. The molecule has 29 heavy (non-hydrogen) atoms. The van der Waals surface area contributed by atoms with Crippen LogP contribution in [0.1, 0.15) is 47.2 Å². The SMILES string of the molecule is O=C1CCC(N2Cc3cccc(CN4C5CCC4C(CO)NC5)c3C2=O)C(=O)N1. The highest BCUT2D eigenvalue weighted by molar-refractivity contribution is 6.06. The number of aliphatic hydroxyl groups excluding tert-OH is 1. The van der Waals surface area contributed by atoms with Gasteiger partial charge in [-0.1, -0.05) is 18.2 Å². The molecule has 4 unspecified atom stereocenters. The quantitative estimate of drug-likeness (QED) is 0.605. The van der Waals surface area contributed by atoms with Gasteiger partial charge in [-0.25, -0.2) is 0 Å². The fraction of sp³-hybridized carbons (Fsp3) is 0.571. The van der Waals surface area contributed by atoms with Gasteiger partial charge in [0.15, 0.2) is 0 Å². The smallest absolute Gasteiger partial charge is 0.255 e. The van der Waals surface area contributed by atoms with E-state index in [4.69, 9.17) is 0 Å². The predicted octanol–water partition coefficient (Wildman–Crippen LogP) is -0.255. The van der Waals surface area contributed by atoms with Crippen LogP contribution in [0.25, 0.3) is 0 Å². The topological polar surface area (TPSA) is 102 Å². The summed E-state index contributed by atoms with van der Waals surface area (Å²) in [5.41, 5.74) is 2.63. The van der Waals surface area contributed by atoms with Crippen LogP contribution in [0.4, 0.5) is 0 Å². The summed E-state index contributed by atoms with van der Waals surface area (Å²) in [6.45, 7) is 2.05. The number of rotatable bonds is 4. The van der Waals surface area contributed by atoms with Gasteiger partial charge in [-0.2, -0.15) is 0 Å². The summed E-state index contributed by atoms with van der Waals surface area (Å²) in [6, 6.07) is 6.10. The third kappa shape index (κ3) is 3.06. The molecule has 3 saturated heterocycles. The van der Waals surface area contributed by atoms with Crippen LogP contribution in [0.2, 0.25) is 0 Å². The molecule has 0 saturated carbocycles. The number of nitrogens with one attached hydrogen (secondary N) is 2. The number of amides is 3. The third-order valence-corrected chi connectivity index (χ3v) is 6.96. The van der Waals surface area contributed by atoms with Gasteiger partial charge in [0.1, 0.15) is 6.04 Å². The Hall–Kier alpha value is -2.29. The van der Waals surface area contributed by atoms with Gasteiger partial charge in [-0.15, -0.1) is 0 Å². The second kappa shape index (κ2) is 7.19. The van der Waals surface area contributed by atoms with Gasteiger partial charge in [-0.05, 0) is 30.4 Å². The Bertz CT molecular complexity index is 872. The molecule has 2 bridgehead atoms. The molecule has 4 heterocycles. The summed E-state index contributed by atoms with van der Waals surface area (Å²) in [7, 11) is 0. The highest BCUT2D eigenvalue weighted by atomic mass is 16.3. The van der Waals surface area contributed by atoms with Gasteiger partial charge in [0.05, 0.1) is 6.61 Å². The van der Waals surface area contributed by atoms with Crippen molar-refractivity contribution in [1.82, 2.24) is 20.4 Å². The Morgan fingerprint density at radius 2 is 2.00 bits per heavy atom. The van der Waals surface area contributed by atoms with E-state index in [0.717, 1.165) is 30.5 Å². The summed E-state index contributed by atoms with van der Waals surface area (Å²) < 4.78 is 0. The van der Waals surface area contributed by atoms with Crippen LogP contribution in [0.15, 0.2) is 18.2 Å². The van der Waals surface area contributed by atoms with Crippen molar-refractivity contribution in [3.05, 3.63) is 34.9 Å². The summed E-state index contributed by atoms with van der Waals surface area (Å²) in [4.78, 5) is 41.1. The molecule has 3 fully saturated rings. The largest absolute Gasteiger partial charge is 0.395 e. The Balaban J connectivity index is 1.39. The Labute approximate surface area is 169 Å². The van der Waals surface area contributed by atoms with E-state index in [9.17, 15) is 19.5 Å². The second-order valence-corrected chi connectivity index (χ2v) is 8.52. The molecular formula is C21H26N4O4. The third-order valence-electron chi connectivity index (χ3n) is 6.96. The lowest BCUT2D eigenvalue weighted by atomic mass is 10.00. The van der Waals surface area contributed by atoms with Crippen molar-refractivity contribution in [3.63, 3.8) is 0 Å². The number of piperazine rings is 1. The predicted molar refractivity (Wildman–Crippen MR) is 104 cm³/mol. The first-order valence-corrected chi connectivity index (χ1v) is 10.4. The first-order chi connectivity index (χ1) is 14.1. The number of aliphatic hydroxyl groups is 1. The standard InChI is InChI=1S/C21H26N4O4/c26-11-15-16-5-4-14(8-22-15)24(16)9-12-2-1-3-13-10-25(21(29)19(12)13)17-6-7-18(27)23-20(17)28/h1-3,14-17,22,26H,4-11H2,(H,23,27,28). The number of piperidine rings is 1. The van der Waals surface area contributed by atoms with E-state index in [1.807, 2.05) is 18.2 Å². The molecule has 0 aromatic heterocycles. The first kappa shape index (κ1) is 18.7. The van der Waals surface area contributed by atoms with E-state index in [0.29, 0.717) is 31.1 Å². The van der Waals surface area contributed by atoms with Crippen molar-refractivity contribution >= 4 is 17.7 Å². The lowest BCUT2D eigenvalue weighted by molar-refractivity contribution is -0.136. The zero-order valence-electron chi connectivity index (χ0n) is 16.3. The average Bonchev–Trinajstić information content (AvgIpc) is 3.16. The van der Waals surface area contributed by atoms with E-state index < -0.39 is 6.04 Å². The molecule has 3 N–H and O–H groups in total. The number of carbonyl (C=O) groups excluding carboxylic acids is 3. The minimum Gasteiger partial charge on any atom is -0.395 e. The molecule has 5 rings (SSSR count). The maximum absolute atomic E-state index is 13.3. The number of benzene rings is 1. The van der Waals surface area contributed by atoms with E-state index in [1.165, 1.54) is 0 Å². The molecule has 0 radical (unpaired) electrons. The van der Waals surface area contributed by atoms with Crippen LogP contribution in [0, 0.1) is 0 Å². The lowest BCUT2D eigenvalue weighted by Crippen LogP contribution is -2.58. The molecule has 1 aromatic rings. The van der Waals surface area contributed by atoms with E-state index >= 15 is 0 Å². The van der Waals surface area contributed by atoms with Crippen LogP contribution in [0.5, 0.6) is 0 Å². The van der Waals surface area contributed by atoms with Gasteiger partial charge < -0.3 is 15.3 Å². The van der Waals surface area contributed by atoms with Crippen LogP contribution in [0.3, 0.4) is 0 Å². The van der Waals surface area contributed by atoms with Gasteiger partial charge in [0, 0.05) is 49.7 Å². The summed E-state index contributed by atoms with van der Waals surface area (Å²) >= 11 is 0. The van der Waals surface area contributed by atoms with Gasteiger partial charge in [0.25, 0.3) is 5.91 Å². The Morgan fingerprint density at radius 3 is 2.79 bits per heavy atom. The van der Waals surface area contributed by atoms with Crippen LogP contribution >= 0.6 is 0 Å². The molecule has 1 aromatic carbocycles. The van der Waals surface area contributed by atoms with Crippen molar-refractivity contribution in [2.75, 3.05) is 13.2 Å². The zero-order chi connectivity index (χ0) is 20.1. The molecule has 8 heteroatoms. The molecular weight excluding hydrogens is 372 g/mol. The summed E-state index contributed by atoms with van der Waals surface area (Å²) in [5.74, 6) is -0.773. The lowest BCUT2D eigenvalue weighted by Gasteiger charge is -2.40. The number of nitrogens with zero attached hydrogens (tertiary/aromatic N) is 2. The Kier molecular flexibility index (Phi) is 4.64. The van der Waals surface area contributed by atoms with Crippen LogP contribution in [-0.2, 0) is 22.7 Å². The summed E-state index contributed by atoms with van der Waals surface area (Å²) in [5, 5.41) is 15.5. The van der Waals surface area contributed by atoms with Crippen molar-refractivity contribution in [1.29, 1.82) is 0 Å². The van der Waals surface area contributed by atoms with Crippen molar-refractivity contribution in [2.24, 2.45) is 0 Å². The minimum atomic E-state index is -0.588. The zero-order valence-corrected chi connectivity index (χ0v) is 16.3. The fourth-order valence-corrected chi connectivity index (χ4v) is 5.49. The maximum atomic E-state index is 13.3. The van der Waals surface area contributed by atoms with Crippen LogP contribution < -0.4 is 10.6 Å². The molecule has 3 amide bonds. The number of imide groups is 1. The van der Waals surface area contributed by atoms with E-state index in [2.05, 4.69) is 15.5 Å². The van der Waals surface area contributed by atoms with Gasteiger partial charge >= 0.3 is 0 Å². The molecule has 0 spiro atoms. The van der Waals surface area contributed by atoms with E-state index in [-0.39, 0.29) is 42.8 Å². The highest BCUT2D eigenvalue weighted by Crippen LogP contribution is 2.35. The normalized spacial score (nSPS) is 31.9. The van der Waals surface area contributed by atoms with Crippen molar-refractivity contribution in [2.45, 2.75) is 62.9 Å². The maximum Gasteiger partial charge on any atom is 0.255 e. The van der Waals surface area contributed by atoms with Gasteiger partial charge in [-0.3, -0.25) is 24.6 Å². The highest BCUT2D eigenvalue weighted by Gasteiger charge is 2.44. The number of hydrogen-bond acceptors (Lipinski definition) is 6.